The normalized spacial score (nSPS) is 10.7. The van der Waals surface area contributed by atoms with Crippen molar-refractivity contribution in [2.75, 3.05) is 13.2 Å². The van der Waals surface area contributed by atoms with Crippen molar-refractivity contribution in [3.8, 4) is 5.75 Å². The summed E-state index contributed by atoms with van der Waals surface area (Å²) in [6, 6.07) is 15.8. The van der Waals surface area contributed by atoms with Crippen LogP contribution in [0.15, 0.2) is 48.5 Å². The lowest BCUT2D eigenvalue weighted by Gasteiger charge is -2.08. The minimum atomic E-state index is 0.288. The summed E-state index contributed by atoms with van der Waals surface area (Å²) < 4.78 is 5.77. The van der Waals surface area contributed by atoms with E-state index in [1.165, 1.54) is 5.56 Å². The second-order valence-electron chi connectivity index (χ2n) is 5.52. The molecule has 0 amide bonds. The Morgan fingerprint density at radius 3 is 2.52 bits per heavy atom. The van der Waals surface area contributed by atoms with E-state index < -0.39 is 0 Å². The molecule has 0 unspecified atom stereocenters. The van der Waals surface area contributed by atoms with Crippen molar-refractivity contribution in [1.29, 1.82) is 0 Å². The number of unbranched alkanes of at least 4 members (excludes halogenated alkanes) is 2. The van der Waals surface area contributed by atoms with Crippen molar-refractivity contribution in [2.24, 2.45) is 0 Å². The summed E-state index contributed by atoms with van der Waals surface area (Å²) in [6.07, 6.45) is 3.06. The molecule has 2 rings (SSSR count). The molecule has 2 N–H and O–H groups in total. The van der Waals surface area contributed by atoms with Crippen LogP contribution in [0.25, 0.3) is 0 Å². The molecule has 0 aliphatic heterocycles. The van der Waals surface area contributed by atoms with Gasteiger partial charge >= 0.3 is 0 Å². The zero-order chi connectivity index (χ0) is 16.3. The van der Waals surface area contributed by atoms with Gasteiger partial charge in [0.25, 0.3) is 0 Å². The van der Waals surface area contributed by atoms with E-state index in [2.05, 4.69) is 17.4 Å². The molecule has 3 nitrogen and oxygen atoms in total. The van der Waals surface area contributed by atoms with Crippen LogP contribution in [0.2, 0.25) is 5.02 Å². The summed E-state index contributed by atoms with van der Waals surface area (Å²) in [5.74, 6) is 0.858. The first kappa shape index (κ1) is 17.8. The van der Waals surface area contributed by atoms with Crippen molar-refractivity contribution in [2.45, 2.75) is 32.4 Å². The average molecular weight is 334 g/mol. The Labute approximate surface area is 143 Å². The van der Waals surface area contributed by atoms with Gasteiger partial charge in [-0.2, -0.15) is 0 Å². The van der Waals surface area contributed by atoms with Gasteiger partial charge in [-0.1, -0.05) is 35.9 Å². The van der Waals surface area contributed by atoms with Gasteiger partial charge in [-0.3, -0.25) is 0 Å². The third-order valence-corrected chi connectivity index (χ3v) is 3.79. The highest BCUT2D eigenvalue weighted by Gasteiger charge is 1.98. The first-order chi connectivity index (χ1) is 11.3. The molecule has 2 aromatic carbocycles. The Balaban J connectivity index is 1.70. The van der Waals surface area contributed by atoms with E-state index in [0.29, 0.717) is 6.61 Å². The first-order valence-corrected chi connectivity index (χ1v) is 8.43. The Kier molecular flexibility index (Phi) is 7.95. The summed E-state index contributed by atoms with van der Waals surface area (Å²) in [7, 11) is 0. The van der Waals surface area contributed by atoms with E-state index in [-0.39, 0.29) is 6.61 Å². The highest BCUT2D eigenvalue weighted by molar-refractivity contribution is 6.30. The van der Waals surface area contributed by atoms with Crippen LogP contribution >= 0.6 is 11.6 Å². The van der Waals surface area contributed by atoms with Crippen molar-refractivity contribution >= 4 is 11.6 Å². The molecular formula is C19H24ClNO2. The molecular weight excluding hydrogens is 310 g/mol. The number of halogens is 1. The summed E-state index contributed by atoms with van der Waals surface area (Å²) in [5, 5.41) is 12.9. The highest BCUT2D eigenvalue weighted by atomic mass is 35.5. The summed E-state index contributed by atoms with van der Waals surface area (Å²) in [5.41, 5.74) is 2.30. The van der Waals surface area contributed by atoms with Gasteiger partial charge in [0.15, 0.2) is 0 Å². The quantitative estimate of drug-likeness (QED) is 0.641. The smallest absolute Gasteiger partial charge is 0.119 e. The van der Waals surface area contributed by atoms with Crippen LogP contribution in [-0.2, 0) is 13.2 Å². The SMILES string of the molecule is OCCCCCNCc1ccc(OCc2cccc(Cl)c2)cc1. The Morgan fingerprint density at radius 2 is 1.78 bits per heavy atom. The molecule has 0 atom stereocenters. The van der Waals surface area contributed by atoms with Crippen molar-refractivity contribution < 1.29 is 9.84 Å². The van der Waals surface area contributed by atoms with Crippen LogP contribution < -0.4 is 10.1 Å². The fraction of sp³-hybridized carbons (Fsp3) is 0.368. The number of benzene rings is 2. The summed E-state index contributed by atoms with van der Waals surface area (Å²) >= 11 is 5.96. The monoisotopic (exact) mass is 333 g/mol. The first-order valence-electron chi connectivity index (χ1n) is 8.05. The minimum Gasteiger partial charge on any atom is -0.489 e. The number of nitrogens with one attached hydrogen (secondary N) is 1. The van der Waals surface area contributed by atoms with Gasteiger partial charge in [0, 0.05) is 18.2 Å². The Morgan fingerprint density at radius 1 is 0.957 bits per heavy atom. The molecule has 2 aromatic rings. The topological polar surface area (TPSA) is 41.5 Å². The fourth-order valence-corrected chi connectivity index (χ4v) is 2.48. The zero-order valence-electron chi connectivity index (χ0n) is 13.3. The predicted octanol–water partition coefficient (Wildman–Crippen LogP) is 4.17. The van der Waals surface area contributed by atoms with Crippen molar-refractivity contribution in [1.82, 2.24) is 5.32 Å². The number of aliphatic hydroxyl groups excluding tert-OH is 1. The molecule has 23 heavy (non-hydrogen) atoms. The number of hydrogen-bond acceptors (Lipinski definition) is 3. The number of rotatable bonds is 10. The lowest BCUT2D eigenvalue weighted by atomic mass is 10.2. The van der Waals surface area contributed by atoms with Gasteiger partial charge in [-0.15, -0.1) is 0 Å². The minimum absolute atomic E-state index is 0.288. The second kappa shape index (κ2) is 10.3. The Hall–Kier alpha value is -1.55. The number of ether oxygens (including phenoxy) is 1. The molecule has 0 aromatic heterocycles. The molecule has 0 aliphatic carbocycles. The molecule has 0 spiro atoms. The maximum atomic E-state index is 8.72. The summed E-state index contributed by atoms with van der Waals surface area (Å²) in [4.78, 5) is 0. The van der Waals surface area contributed by atoms with Crippen LogP contribution in [0.1, 0.15) is 30.4 Å². The van der Waals surface area contributed by atoms with Gasteiger partial charge in [-0.25, -0.2) is 0 Å². The van der Waals surface area contributed by atoms with Gasteiger partial charge in [0.05, 0.1) is 0 Å². The molecule has 0 aliphatic rings. The van der Waals surface area contributed by atoms with Crippen LogP contribution in [0.4, 0.5) is 0 Å². The van der Waals surface area contributed by atoms with Gasteiger partial charge in [-0.05, 0) is 61.2 Å². The van der Waals surface area contributed by atoms with Gasteiger partial charge in [0.1, 0.15) is 12.4 Å². The number of hydrogen-bond donors (Lipinski definition) is 2. The second-order valence-corrected chi connectivity index (χ2v) is 5.96. The lowest BCUT2D eigenvalue weighted by molar-refractivity contribution is 0.283. The number of aliphatic hydroxyl groups is 1. The van der Waals surface area contributed by atoms with E-state index in [1.54, 1.807) is 0 Å². The van der Waals surface area contributed by atoms with Crippen molar-refractivity contribution in [3.05, 3.63) is 64.7 Å². The van der Waals surface area contributed by atoms with E-state index in [1.807, 2.05) is 36.4 Å². The predicted molar refractivity (Wildman–Crippen MR) is 94.9 cm³/mol. The van der Waals surface area contributed by atoms with Crippen LogP contribution in [0, 0.1) is 0 Å². The van der Waals surface area contributed by atoms with Crippen molar-refractivity contribution in [3.63, 3.8) is 0 Å². The third kappa shape index (κ3) is 7.04. The maximum Gasteiger partial charge on any atom is 0.119 e. The molecule has 0 heterocycles. The molecule has 0 radical (unpaired) electrons. The van der Waals surface area contributed by atoms with E-state index >= 15 is 0 Å². The maximum absolute atomic E-state index is 8.72. The third-order valence-electron chi connectivity index (χ3n) is 3.56. The molecule has 0 saturated heterocycles. The van der Waals surface area contributed by atoms with Crippen LogP contribution in [0.3, 0.4) is 0 Å². The molecule has 124 valence electrons. The zero-order valence-corrected chi connectivity index (χ0v) is 14.1. The largest absolute Gasteiger partial charge is 0.489 e. The molecule has 0 bridgehead atoms. The summed E-state index contributed by atoms with van der Waals surface area (Å²) in [6.45, 7) is 2.64. The van der Waals surface area contributed by atoms with E-state index in [9.17, 15) is 0 Å². The lowest BCUT2D eigenvalue weighted by Crippen LogP contribution is -2.14. The van der Waals surface area contributed by atoms with E-state index in [4.69, 9.17) is 21.4 Å². The molecule has 0 fully saturated rings. The highest BCUT2D eigenvalue weighted by Crippen LogP contribution is 2.16. The Bertz CT molecular complexity index is 572. The molecule has 4 heteroatoms. The van der Waals surface area contributed by atoms with Gasteiger partial charge < -0.3 is 15.2 Å². The standard InChI is InChI=1S/C19H24ClNO2/c20-18-6-4-5-17(13-18)15-23-19-9-7-16(8-10-19)14-21-11-2-1-3-12-22/h4-10,13,21-22H,1-3,11-12,14-15H2. The van der Waals surface area contributed by atoms with E-state index in [0.717, 1.165) is 48.7 Å². The van der Waals surface area contributed by atoms with Crippen LogP contribution in [0.5, 0.6) is 5.75 Å². The fourth-order valence-electron chi connectivity index (χ4n) is 2.27. The van der Waals surface area contributed by atoms with Crippen LogP contribution in [-0.4, -0.2) is 18.3 Å². The molecule has 0 saturated carbocycles. The van der Waals surface area contributed by atoms with Gasteiger partial charge in [0.2, 0.25) is 0 Å². The average Bonchev–Trinajstić information content (AvgIpc) is 2.57.